The van der Waals surface area contributed by atoms with Gasteiger partial charge in [-0.3, -0.25) is 10.1 Å². The van der Waals surface area contributed by atoms with Crippen molar-refractivity contribution in [2.45, 2.75) is 0 Å². The van der Waals surface area contributed by atoms with Crippen LogP contribution in [-0.2, 0) is 0 Å². The van der Waals surface area contributed by atoms with E-state index in [0.717, 1.165) is 31.8 Å². The molecular formula is C20H12BrNO2. The molecule has 0 saturated heterocycles. The van der Waals surface area contributed by atoms with E-state index in [9.17, 15) is 10.1 Å². The number of halogens is 1. The van der Waals surface area contributed by atoms with Gasteiger partial charge in [0.2, 0.25) is 0 Å². The summed E-state index contributed by atoms with van der Waals surface area (Å²) in [6, 6.07) is 23.3. The molecule has 0 N–H and O–H groups in total. The third-order valence-electron chi connectivity index (χ3n) is 4.17. The highest BCUT2D eigenvalue weighted by Gasteiger charge is 2.14. The SMILES string of the molecule is O=[N+]([O-])c1cc(-c2ccc3cc(Br)ccc3c2)cc2ccccc12. The van der Waals surface area contributed by atoms with Gasteiger partial charge in [0, 0.05) is 10.5 Å². The number of hydrogen-bond acceptors (Lipinski definition) is 2. The summed E-state index contributed by atoms with van der Waals surface area (Å²) in [7, 11) is 0. The van der Waals surface area contributed by atoms with Crippen LogP contribution in [0.4, 0.5) is 5.69 Å². The monoisotopic (exact) mass is 377 g/mol. The number of fused-ring (bicyclic) bond motifs is 2. The van der Waals surface area contributed by atoms with Gasteiger partial charge in [-0.25, -0.2) is 0 Å². The fourth-order valence-corrected chi connectivity index (χ4v) is 3.38. The second kappa shape index (κ2) is 5.73. The van der Waals surface area contributed by atoms with Crippen molar-refractivity contribution in [3.8, 4) is 11.1 Å². The highest BCUT2D eigenvalue weighted by atomic mass is 79.9. The zero-order valence-corrected chi connectivity index (χ0v) is 14.2. The maximum Gasteiger partial charge on any atom is 0.277 e. The fourth-order valence-electron chi connectivity index (χ4n) is 3.00. The molecule has 116 valence electrons. The topological polar surface area (TPSA) is 43.1 Å². The summed E-state index contributed by atoms with van der Waals surface area (Å²) >= 11 is 3.47. The molecule has 4 aromatic carbocycles. The Labute approximate surface area is 146 Å². The summed E-state index contributed by atoms with van der Waals surface area (Å²) in [4.78, 5) is 11.1. The van der Waals surface area contributed by atoms with E-state index in [-0.39, 0.29) is 10.6 Å². The lowest BCUT2D eigenvalue weighted by Crippen LogP contribution is -1.91. The summed E-state index contributed by atoms with van der Waals surface area (Å²) in [5.41, 5.74) is 1.96. The van der Waals surface area contributed by atoms with Crippen molar-refractivity contribution in [1.29, 1.82) is 0 Å². The molecule has 0 spiro atoms. The van der Waals surface area contributed by atoms with Crippen molar-refractivity contribution in [1.82, 2.24) is 0 Å². The van der Waals surface area contributed by atoms with Crippen LogP contribution in [-0.4, -0.2) is 4.92 Å². The Balaban J connectivity index is 1.96. The van der Waals surface area contributed by atoms with Crippen LogP contribution in [0, 0.1) is 10.1 Å². The normalized spacial score (nSPS) is 11.0. The molecule has 0 atom stereocenters. The minimum atomic E-state index is -0.315. The Morgan fingerprint density at radius 2 is 1.46 bits per heavy atom. The van der Waals surface area contributed by atoms with E-state index < -0.39 is 0 Å². The summed E-state index contributed by atoms with van der Waals surface area (Å²) < 4.78 is 1.03. The molecule has 0 heterocycles. The van der Waals surface area contributed by atoms with Crippen LogP contribution in [0.5, 0.6) is 0 Å². The molecule has 0 fully saturated rings. The molecule has 0 aliphatic carbocycles. The van der Waals surface area contributed by atoms with Crippen molar-refractivity contribution < 1.29 is 4.92 Å². The lowest BCUT2D eigenvalue weighted by atomic mass is 9.97. The Morgan fingerprint density at radius 3 is 2.29 bits per heavy atom. The molecule has 0 aromatic heterocycles. The average molecular weight is 378 g/mol. The van der Waals surface area contributed by atoms with Gasteiger partial charge in [-0.2, -0.15) is 0 Å². The summed E-state index contributed by atoms with van der Waals surface area (Å²) in [5.74, 6) is 0. The Morgan fingerprint density at radius 1 is 0.750 bits per heavy atom. The largest absolute Gasteiger partial charge is 0.277 e. The quantitative estimate of drug-likeness (QED) is 0.302. The van der Waals surface area contributed by atoms with E-state index in [1.54, 1.807) is 12.1 Å². The first kappa shape index (κ1) is 14.8. The van der Waals surface area contributed by atoms with Crippen LogP contribution in [0.1, 0.15) is 0 Å². The summed E-state index contributed by atoms with van der Waals surface area (Å²) in [6.45, 7) is 0. The van der Waals surface area contributed by atoms with E-state index in [1.165, 1.54) is 0 Å². The summed E-state index contributed by atoms with van der Waals surface area (Å²) in [5, 5.41) is 15.2. The highest BCUT2D eigenvalue weighted by molar-refractivity contribution is 9.10. The average Bonchev–Trinajstić information content (AvgIpc) is 2.60. The first-order valence-corrected chi connectivity index (χ1v) is 8.28. The van der Waals surface area contributed by atoms with Crippen LogP contribution in [0.25, 0.3) is 32.7 Å². The predicted molar refractivity (Wildman–Crippen MR) is 101 cm³/mol. The van der Waals surface area contributed by atoms with E-state index in [2.05, 4.69) is 28.1 Å². The van der Waals surface area contributed by atoms with Crippen molar-refractivity contribution in [3.05, 3.63) is 87.4 Å². The number of nitro benzene ring substituents is 1. The van der Waals surface area contributed by atoms with Gasteiger partial charge in [0.25, 0.3) is 5.69 Å². The molecule has 4 rings (SSSR count). The van der Waals surface area contributed by atoms with Crippen LogP contribution in [0.15, 0.2) is 77.3 Å². The number of rotatable bonds is 2. The van der Waals surface area contributed by atoms with Crippen LogP contribution in [0.2, 0.25) is 0 Å². The minimum Gasteiger partial charge on any atom is -0.258 e. The molecule has 24 heavy (non-hydrogen) atoms. The Bertz CT molecular complexity index is 1110. The number of non-ortho nitro benzene ring substituents is 1. The van der Waals surface area contributed by atoms with E-state index in [1.807, 2.05) is 48.5 Å². The number of nitrogens with zero attached hydrogens (tertiary/aromatic N) is 1. The number of hydrogen-bond donors (Lipinski definition) is 0. The lowest BCUT2D eigenvalue weighted by molar-refractivity contribution is -0.383. The lowest BCUT2D eigenvalue weighted by Gasteiger charge is -2.07. The Kier molecular flexibility index (Phi) is 3.54. The molecule has 0 unspecified atom stereocenters. The molecular weight excluding hydrogens is 366 g/mol. The fraction of sp³-hybridized carbons (Fsp3) is 0. The van der Waals surface area contributed by atoms with Gasteiger partial charge in [0.05, 0.1) is 10.3 Å². The van der Waals surface area contributed by atoms with Gasteiger partial charge in [-0.1, -0.05) is 52.3 Å². The molecule has 0 bridgehead atoms. The Hall–Kier alpha value is -2.72. The highest BCUT2D eigenvalue weighted by Crippen LogP contribution is 2.33. The van der Waals surface area contributed by atoms with Gasteiger partial charge in [0.15, 0.2) is 0 Å². The van der Waals surface area contributed by atoms with E-state index in [4.69, 9.17) is 0 Å². The van der Waals surface area contributed by atoms with Crippen molar-refractivity contribution in [2.24, 2.45) is 0 Å². The maximum atomic E-state index is 11.4. The van der Waals surface area contributed by atoms with Gasteiger partial charge in [0.1, 0.15) is 0 Å². The van der Waals surface area contributed by atoms with Gasteiger partial charge >= 0.3 is 0 Å². The molecule has 4 heteroatoms. The first-order valence-electron chi connectivity index (χ1n) is 7.49. The molecule has 0 aliphatic heterocycles. The predicted octanol–water partition coefficient (Wildman–Crippen LogP) is 6.33. The van der Waals surface area contributed by atoms with Gasteiger partial charge in [-0.05, 0) is 57.6 Å². The number of benzene rings is 4. The molecule has 0 radical (unpaired) electrons. The van der Waals surface area contributed by atoms with Crippen LogP contribution >= 0.6 is 15.9 Å². The minimum absolute atomic E-state index is 0.138. The van der Waals surface area contributed by atoms with E-state index >= 15 is 0 Å². The maximum absolute atomic E-state index is 11.4. The molecule has 0 amide bonds. The smallest absolute Gasteiger partial charge is 0.258 e. The second-order valence-corrected chi connectivity index (χ2v) is 6.60. The third kappa shape index (κ3) is 2.55. The number of nitro groups is 1. The van der Waals surface area contributed by atoms with Gasteiger partial charge < -0.3 is 0 Å². The van der Waals surface area contributed by atoms with Crippen molar-refractivity contribution in [2.75, 3.05) is 0 Å². The molecule has 4 aromatic rings. The summed E-state index contributed by atoms with van der Waals surface area (Å²) in [6.07, 6.45) is 0. The molecule has 0 aliphatic rings. The van der Waals surface area contributed by atoms with E-state index in [0.29, 0.717) is 5.39 Å². The third-order valence-corrected chi connectivity index (χ3v) is 4.67. The van der Waals surface area contributed by atoms with Crippen LogP contribution < -0.4 is 0 Å². The molecule has 3 nitrogen and oxygen atoms in total. The van der Waals surface area contributed by atoms with Crippen molar-refractivity contribution in [3.63, 3.8) is 0 Å². The molecule has 0 saturated carbocycles. The zero-order valence-electron chi connectivity index (χ0n) is 12.6. The van der Waals surface area contributed by atoms with Crippen molar-refractivity contribution >= 4 is 43.2 Å². The zero-order chi connectivity index (χ0) is 16.7. The standard InChI is InChI=1S/C20H12BrNO2/c21-18-8-7-13-9-14(5-6-15(13)11-18)17-10-16-3-1-2-4-19(16)20(12-17)22(23)24/h1-12H. The first-order chi connectivity index (χ1) is 11.6. The van der Waals surface area contributed by atoms with Crippen LogP contribution in [0.3, 0.4) is 0 Å². The van der Waals surface area contributed by atoms with Gasteiger partial charge in [-0.15, -0.1) is 0 Å². The second-order valence-electron chi connectivity index (χ2n) is 5.68.